The minimum atomic E-state index is -1.07. The third-order valence-electron chi connectivity index (χ3n) is 2.96. The number of aliphatic hydroxyl groups excluding tert-OH is 1. The summed E-state index contributed by atoms with van der Waals surface area (Å²) in [4.78, 5) is 10.8. The van der Waals surface area contributed by atoms with Gasteiger partial charge in [-0.15, -0.1) is 0 Å². The fourth-order valence-electron chi connectivity index (χ4n) is 1.71. The topological polar surface area (TPSA) is 82.7 Å². The van der Waals surface area contributed by atoms with Gasteiger partial charge in [0.1, 0.15) is 5.58 Å². The second-order valence-electron chi connectivity index (χ2n) is 5.18. The van der Waals surface area contributed by atoms with Gasteiger partial charge < -0.3 is 19.9 Å². The van der Waals surface area contributed by atoms with E-state index in [1.807, 2.05) is 26.0 Å². The van der Waals surface area contributed by atoms with E-state index < -0.39 is 5.97 Å². The number of carbonyl (C=O) groups is 1. The van der Waals surface area contributed by atoms with E-state index in [0.717, 1.165) is 10.9 Å². The Balaban J connectivity index is 2.19. The molecule has 2 aromatic rings. The molecule has 5 nitrogen and oxygen atoms in total. The van der Waals surface area contributed by atoms with Crippen molar-refractivity contribution in [3.05, 3.63) is 35.6 Å². The van der Waals surface area contributed by atoms with E-state index in [9.17, 15) is 4.79 Å². The van der Waals surface area contributed by atoms with Crippen LogP contribution in [0, 0.1) is 0 Å². The second kappa shape index (κ2) is 5.03. The molecule has 0 saturated heterocycles. The SMILES string of the molecule is CC(C)(CO)NCc1ccc2oc(C(=O)O)cc2c1. The van der Waals surface area contributed by atoms with Gasteiger partial charge >= 0.3 is 5.97 Å². The summed E-state index contributed by atoms with van der Waals surface area (Å²) in [5, 5.41) is 22.0. The van der Waals surface area contributed by atoms with Crippen LogP contribution in [0.4, 0.5) is 0 Å². The van der Waals surface area contributed by atoms with E-state index >= 15 is 0 Å². The van der Waals surface area contributed by atoms with E-state index in [2.05, 4.69) is 5.32 Å². The zero-order valence-corrected chi connectivity index (χ0v) is 10.9. The quantitative estimate of drug-likeness (QED) is 0.768. The van der Waals surface area contributed by atoms with Crippen molar-refractivity contribution in [2.75, 3.05) is 6.61 Å². The minimum absolute atomic E-state index is 0.0458. The minimum Gasteiger partial charge on any atom is -0.475 e. The van der Waals surface area contributed by atoms with Gasteiger partial charge in [0.25, 0.3) is 0 Å². The molecule has 0 bridgehead atoms. The van der Waals surface area contributed by atoms with Crippen LogP contribution in [0.1, 0.15) is 30.0 Å². The Kier molecular flexibility index (Phi) is 3.59. The van der Waals surface area contributed by atoms with Gasteiger partial charge in [0.2, 0.25) is 5.76 Å². The highest BCUT2D eigenvalue weighted by Gasteiger charge is 2.15. The summed E-state index contributed by atoms with van der Waals surface area (Å²) in [6, 6.07) is 7.02. The molecular weight excluding hydrogens is 246 g/mol. The third-order valence-corrected chi connectivity index (χ3v) is 2.96. The number of carboxylic acid groups (broad SMARTS) is 1. The summed E-state index contributed by atoms with van der Waals surface area (Å²) >= 11 is 0. The summed E-state index contributed by atoms with van der Waals surface area (Å²) < 4.78 is 5.19. The fraction of sp³-hybridized carbons (Fsp3) is 0.357. The van der Waals surface area contributed by atoms with Crippen LogP contribution < -0.4 is 5.32 Å². The molecule has 0 spiro atoms. The Morgan fingerprint density at radius 3 is 2.74 bits per heavy atom. The Morgan fingerprint density at radius 1 is 1.37 bits per heavy atom. The molecule has 102 valence electrons. The molecule has 1 heterocycles. The number of furan rings is 1. The van der Waals surface area contributed by atoms with Gasteiger partial charge in [-0.2, -0.15) is 0 Å². The number of hydrogen-bond donors (Lipinski definition) is 3. The van der Waals surface area contributed by atoms with E-state index in [0.29, 0.717) is 12.1 Å². The van der Waals surface area contributed by atoms with Crippen LogP contribution in [0.25, 0.3) is 11.0 Å². The normalized spacial score (nSPS) is 11.9. The van der Waals surface area contributed by atoms with Crippen molar-refractivity contribution in [2.45, 2.75) is 25.9 Å². The molecule has 19 heavy (non-hydrogen) atoms. The largest absolute Gasteiger partial charge is 0.475 e. The van der Waals surface area contributed by atoms with Gasteiger partial charge in [-0.25, -0.2) is 4.79 Å². The molecule has 0 aliphatic carbocycles. The van der Waals surface area contributed by atoms with Gasteiger partial charge in [0.15, 0.2) is 0 Å². The summed E-state index contributed by atoms with van der Waals surface area (Å²) in [5.74, 6) is -1.13. The van der Waals surface area contributed by atoms with Gasteiger partial charge in [-0.3, -0.25) is 0 Å². The lowest BCUT2D eigenvalue weighted by atomic mass is 10.1. The summed E-state index contributed by atoms with van der Waals surface area (Å²) in [6.07, 6.45) is 0. The number of carboxylic acids is 1. The maximum Gasteiger partial charge on any atom is 0.371 e. The molecule has 0 atom stereocenters. The van der Waals surface area contributed by atoms with Crippen molar-refractivity contribution in [3.63, 3.8) is 0 Å². The van der Waals surface area contributed by atoms with Crippen molar-refractivity contribution in [1.29, 1.82) is 0 Å². The Bertz CT molecular complexity index is 601. The van der Waals surface area contributed by atoms with Crippen LogP contribution in [0.5, 0.6) is 0 Å². The predicted molar refractivity (Wildman–Crippen MR) is 71.2 cm³/mol. The lowest BCUT2D eigenvalue weighted by Crippen LogP contribution is -2.42. The number of aliphatic hydroxyl groups is 1. The molecule has 0 saturated carbocycles. The molecule has 5 heteroatoms. The number of aromatic carboxylic acids is 1. The lowest BCUT2D eigenvalue weighted by Gasteiger charge is -2.23. The van der Waals surface area contributed by atoms with Gasteiger partial charge in [0, 0.05) is 17.5 Å². The van der Waals surface area contributed by atoms with Gasteiger partial charge in [0.05, 0.1) is 6.61 Å². The highest BCUT2D eigenvalue weighted by atomic mass is 16.4. The predicted octanol–water partition coefficient (Wildman–Crippen LogP) is 1.99. The van der Waals surface area contributed by atoms with Crippen molar-refractivity contribution in [1.82, 2.24) is 5.32 Å². The molecule has 3 N–H and O–H groups in total. The number of fused-ring (bicyclic) bond motifs is 1. The third kappa shape index (κ3) is 3.13. The maximum atomic E-state index is 10.8. The van der Waals surface area contributed by atoms with Gasteiger partial charge in [-0.05, 0) is 37.6 Å². The first-order valence-electron chi connectivity index (χ1n) is 6.03. The summed E-state index contributed by atoms with van der Waals surface area (Å²) in [6.45, 7) is 4.46. The number of benzene rings is 1. The molecule has 0 amide bonds. The van der Waals surface area contributed by atoms with Crippen LogP contribution in [0.15, 0.2) is 28.7 Å². The van der Waals surface area contributed by atoms with E-state index in [4.69, 9.17) is 14.6 Å². The standard InChI is InChI=1S/C14H17NO4/c1-14(2,8-16)15-7-9-3-4-11-10(5-9)6-12(19-11)13(17)18/h3-6,15-16H,7-8H2,1-2H3,(H,17,18). The fourth-order valence-corrected chi connectivity index (χ4v) is 1.71. The molecule has 1 aromatic carbocycles. The molecule has 0 radical (unpaired) electrons. The Labute approximate surface area is 110 Å². The molecule has 0 fully saturated rings. The second-order valence-corrected chi connectivity index (χ2v) is 5.18. The van der Waals surface area contributed by atoms with Crippen LogP contribution in [0.3, 0.4) is 0 Å². The first kappa shape index (κ1) is 13.6. The lowest BCUT2D eigenvalue weighted by molar-refractivity contribution is 0.0665. The number of rotatable bonds is 5. The Hall–Kier alpha value is -1.85. The zero-order valence-electron chi connectivity index (χ0n) is 10.9. The van der Waals surface area contributed by atoms with Crippen LogP contribution in [-0.4, -0.2) is 28.3 Å². The highest BCUT2D eigenvalue weighted by molar-refractivity contribution is 5.91. The molecule has 0 unspecified atom stereocenters. The molecule has 0 aliphatic heterocycles. The number of nitrogens with one attached hydrogen (secondary N) is 1. The monoisotopic (exact) mass is 263 g/mol. The Morgan fingerprint density at radius 2 is 2.11 bits per heavy atom. The summed E-state index contributed by atoms with van der Waals surface area (Å²) in [5.41, 5.74) is 1.21. The van der Waals surface area contributed by atoms with Crippen LogP contribution in [-0.2, 0) is 6.54 Å². The molecule has 2 rings (SSSR count). The first-order valence-corrected chi connectivity index (χ1v) is 6.03. The highest BCUT2D eigenvalue weighted by Crippen LogP contribution is 2.21. The smallest absolute Gasteiger partial charge is 0.371 e. The first-order chi connectivity index (χ1) is 8.91. The maximum absolute atomic E-state index is 10.8. The van der Waals surface area contributed by atoms with E-state index in [-0.39, 0.29) is 17.9 Å². The van der Waals surface area contributed by atoms with Gasteiger partial charge in [-0.1, -0.05) is 6.07 Å². The summed E-state index contributed by atoms with van der Waals surface area (Å²) in [7, 11) is 0. The number of hydrogen-bond acceptors (Lipinski definition) is 4. The average Bonchev–Trinajstić information content (AvgIpc) is 2.79. The molecule has 0 aliphatic rings. The van der Waals surface area contributed by atoms with Crippen molar-refractivity contribution in [2.24, 2.45) is 0 Å². The average molecular weight is 263 g/mol. The van der Waals surface area contributed by atoms with Crippen molar-refractivity contribution < 1.29 is 19.4 Å². The van der Waals surface area contributed by atoms with E-state index in [1.165, 1.54) is 6.07 Å². The molecule has 1 aromatic heterocycles. The van der Waals surface area contributed by atoms with Crippen molar-refractivity contribution in [3.8, 4) is 0 Å². The van der Waals surface area contributed by atoms with Crippen LogP contribution in [0.2, 0.25) is 0 Å². The zero-order chi connectivity index (χ0) is 14.0. The van der Waals surface area contributed by atoms with E-state index in [1.54, 1.807) is 6.07 Å². The van der Waals surface area contributed by atoms with Crippen molar-refractivity contribution >= 4 is 16.9 Å². The van der Waals surface area contributed by atoms with Crippen LogP contribution >= 0.6 is 0 Å². The molecular formula is C14H17NO4.